The molecule has 0 saturated carbocycles. The van der Waals surface area contributed by atoms with Crippen LogP contribution in [0.25, 0.3) is 11.1 Å². The van der Waals surface area contributed by atoms with E-state index in [1.165, 1.54) is 19.5 Å². The van der Waals surface area contributed by atoms with Gasteiger partial charge in [0.15, 0.2) is 17.1 Å². The highest BCUT2D eigenvalue weighted by Gasteiger charge is 2.47. The summed E-state index contributed by atoms with van der Waals surface area (Å²) in [4.78, 5) is 12.7. The largest absolute Gasteiger partial charge is 0.494 e. The number of ether oxygens (including phenoxy) is 3. The SMILES string of the molecule is COc1cc2c(cc1F)Oc1ccc(-c3cncnc3)cc1[C@]21COC(N)=N1. The van der Waals surface area contributed by atoms with E-state index in [0.717, 1.165) is 16.7 Å². The monoisotopic (exact) mass is 378 g/mol. The van der Waals surface area contributed by atoms with Gasteiger partial charge in [-0.25, -0.2) is 19.4 Å². The molecule has 2 aromatic carbocycles. The van der Waals surface area contributed by atoms with Crippen molar-refractivity contribution in [2.75, 3.05) is 13.7 Å². The zero-order valence-electron chi connectivity index (χ0n) is 14.8. The number of amidine groups is 1. The molecule has 0 aliphatic carbocycles. The van der Waals surface area contributed by atoms with Crippen LogP contribution in [0.3, 0.4) is 0 Å². The highest BCUT2D eigenvalue weighted by molar-refractivity contribution is 5.78. The number of hydrogen-bond acceptors (Lipinski definition) is 7. The van der Waals surface area contributed by atoms with Crippen LogP contribution in [-0.4, -0.2) is 29.7 Å². The molecule has 5 rings (SSSR count). The molecule has 1 aromatic heterocycles. The second kappa shape index (κ2) is 5.91. The van der Waals surface area contributed by atoms with Gasteiger partial charge in [0.2, 0.25) is 0 Å². The van der Waals surface area contributed by atoms with E-state index in [2.05, 4.69) is 15.0 Å². The first-order valence-corrected chi connectivity index (χ1v) is 8.54. The van der Waals surface area contributed by atoms with Crippen molar-refractivity contribution in [3.8, 4) is 28.4 Å². The standard InChI is InChI=1S/C20H15FN4O3/c1-26-18-5-14-17(6-15(18)21)28-16-3-2-11(12-7-23-10-24-8-12)4-13(16)20(14)9-27-19(22)25-20/h2-8,10H,9H2,1H3,(H2,22,25)/t20-/m1/s1. The summed E-state index contributed by atoms with van der Waals surface area (Å²) in [6.07, 6.45) is 4.92. The molecule has 28 heavy (non-hydrogen) atoms. The summed E-state index contributed by atoms with van der Waals surface area (Å²) in [7, 11) is 1.41. The molecule has 3 heterocycles. The Morgan fingerprint density at radius 3 is 2.57 bits per heavy atom. The number of benzene rings is 2. The predicted molar refractivity (Wildman–Crippen MR) is 98.8 cm³/mol. The lowest BCUT2D eigenvalue weighted by atomic mass is 9.80. The van der Waals surface area contributed by atoms with Crippen LogP contribution in [-0.2, 0) is 10.3 Å². The highest BCUT2D eigenvalue weighted by atomic mass is 19.1. The molecule has 0 amide bonds. The third kappa shape index (κ3) is 2.31. The van der Waals surface area contributed by atoms with Crippen LogP contribution in [0.2, 0.25) is 0 Å². The number of fused-ring (bicyclic) bond motifs is 4. The number of rotatable bonds is 2. The van der Waals surface area contributed by atoms with Crippen LogP contribution >= 0.6 is 0 Å². The van der Waals surface area contributed by atoms with Crippen LogP contribution in [0, 0.1) is 5.82 Å². The summed E-state index contributed by atoms with van der Waals surface area (Å²) in [5, 5.41) is 0. The van der Waals surface area contributed by atoms with Crippen molar-refractivity contribution < 1.29 is 18.6 Å². The molecular formula is C20H15FN4O3. The van der Waals surface area contributed by atoms with Crippen molar-refractivity contribution in [3.63, 3.8) is 0 Å². The maximum Gasteiger partial charge on any atom is 0.283 e. The van der Waals surface area contributed by atoms with Crippen molar-refractivity contribution in [1.29, 1.82) is 0 Å². The minimum absolute atomic E-state index is 0.0653. The van der Waals surface area contributed by atoms with Crippen molar-refractivity contribution in [2.45, 2.75) is 5.54 Å². The van der Waals surface area contributed by atoms with Crippen molar-refractivity contribution in [3.05, 3.63) is 66.0 Å². The number of aliphatic imine (C=N–C) groups is 1. The van der Waals surface area contributed by atoms with Crippen LogP contribution < -0.4 is 15.2 Å². The molecular weight excluding hydrogens is 363 g/mol. The molecule has 1 spiro atoms. The fourth-order valence-corrected chi connectivity index (χ4v) is 3.64. The lowest BCUT2D eigenvalue weighted by molar-refractivity contribution is 0.263. The minimum Gasteiger partial charge on any atom is -0.494 e. The number of methoxy groups -OCH3 is 1. The third-order valence-electron chi connectivity index (χ3n) is 4.97. The smallest absolute Gasteiger partial charge is 0.283 e. The van der Waals surface area contributed by atoms with Gasteiger partial charge in [-0.1, -0.05) is 6.07 Å². The van der Waals surface area contributed by atoms with Crippen LogP contribution in [0.15, 0.2) is 54.0 Å². The molecule has 1 atom stereocenters. The fraction of sp³-hybridized carbons (Fsp3) is 0.150. The van der Waals surface area contributed by atoms with Gasteiger partial charge in [0, 0.05) is 35.2 Å². The zero-order chi connectivity index (χ0) is 19.3. The second-order valence-electron chi connectivity index (χ2n) is 6.52. The average Bonchev–Trinajstić information content (AvgIpc) is 3.10. The molecule has 0 radical (unpaired) electrons. The maximum absolute atomic E-state index is 14.3. The van der Waals surface area contributed by atoms with E-state index in [-0.39, 0.29) is 18.4 Å². The van der Waals surface area contributed by atoms with Gasteiger partial charge in [0.05, 0.1) is 7.11 Å². The van der Waals surface area contributed by atoms with E-state index >= 15 is 0 Å². The van der Waals surface area contributed by atoms with Crippen LogP contribution in [0.4, 0.5) is 4.39 Å². The topological polar surface area (TPSA) is 91.8 Å². The van der Waals surface area contributed by atoms with Gasteiger partial charge in [-0.3, -0.25) is 0 Å². The number of aromatic nitrogens is 2. The summed E-state index contributed by atoms with van der Waals surface area (Å²) in [5.41, 5.74) is 8.03. The van der Waals surface area contributed by atoms with Gasteiger partial charge in [-0.15, -0.1) is 0 Å². The summed E-state index contributed by atoms with van der Waals surface area (Å²) >= 11 is 0. The number of nitrogens with two attached hydrogens (primary N) is 1. The second-order valence-corrected chi connectivity index (χ2v) is 6.52. The van der Waals surface area contributed by atoms with E-state index in [9.17, 15) is 4.39 Å². The molecule has 0 unspecified atom stereocenters. The Labute approximate surface area is 159 Å². The minimum atomic E-state index is -0.959. The van der Waals surface area contributed by atoms with E-state index in [4.69, 9.17) is 19.9 Å². The van der Waals surface area contributed by atoms with Crippen LogP contribution in [0.1, 0.15) is 11.1 Å². The van der Waals surface area contributed by atoms with Crippen molar-refractivity contribution in [1.82, 2.24) is 9.97 Å². The fourth-order valence-electron chi connectivity index (χ4n) is 3.64. The summed E-state index contributed by atoms with van der Waals surface area (Å²) in [5.74, 6) is 0.482. The number of halogens is 1. The molecule has 0 bridgehead atoms. The lowest BCUT2D eigenvalue weighted by Crippen LogP contribution is -2.31. The highest BCUT2D eigenvalue weighted by Crippen LogP contribution is 2.52. The van der Waals surface area contributed by atoms with Gasteiger partial charge >= 0.3 is 0 Å². The van der Waals surface area contributed by atoms with Gasteiger partial charge in [-0.2, -0.15) is 0 Å². The Kier molecular flexibility index (Phi) is 3.48. The predicted octanol–water partition coefficient (Wildman–Crippen LogP) is 2.99. The molecule has 140 valence electrons. The maximum atomic E-state index is 14.3. The summed E-state index contributed by atoms with van der Waals surface area (Å²) in [6, 6.07) is 8.58. The molecule has 2 aliphatic heterocycles. The van der Waals surface area contributed by atoms with Gasteiger partial charge < -0.3 is 19.9 Å². The first-order chi connectivity index (χ1) is 13.6. The van der Waals surface area contributed by atoms with Crippen LogP contribution in [0.5, 0.6) is 17.2 Å². The average molecular weight is 378 g/mol. The van der Waals surface area contributed by atoms with E-state index in [1.54, 1.807) is 18.5 Å². The quantitative estimate of drug-likeness (QED) is 0.737. The number of nitrogens with zero attached hydrogens (tertiary/aromatic N) is 3. The summed E-state index contributed by atoms with van der Waals surface area (Å²) < 4.78 is 30.9. The molecule has 0 saturated heterocycles. The Balaban J connectivity index is 1.75. The number of hydrogen-bond donors (Lipinski definition) is 1. The van der Waals surface area contributed by atoms with Crippen molar-refractivity contribution >= 4 is 6.02 Å². The van der Waals surface area contributed by atoms with Crippen molar-refractivity contribution in [2.24, 2.45) is 10.7 Å². The van der Waals surface area contributed by atoms with E-state index in [1.807, 2.05) is 18.2 Å². The third-order valence-corrected chi connectivity index (χ3v) is 4.97. The first kappa shape index (κ1) is 16.5. The van der Waals surface area contributed by atoms with Gasteiger partial charge in [0.25, 0.3) is 6.02 Å². The van der Waals surface area contributed by atoms with Gasteiger partial charge in [-0.05, 0) is 23.8 Å². The Bertz CT molecular complexity index is 1120. The molecule has 2 N–H and O–H groups in total. The Morgan fingerprint density at radius 1 is 1.07 bits per heavy atom. The molecule has 0 fully saturated rings. The van der Waals surface area contributed by atoms with Gasteiger partial charge in [0.1, 0.15) is 24.4 Å². The zero-order valence-corrected chi connectivity index (χ0v) is 14.8. The normalized spacial score (nSPS) is 19.3. The molecule has 7 nitrogen and oxygen atoms in total. The molecule has 3 aromatic rings. The summed E-state index contributed by atoms with van der Waals surface area (Å²) in [6.45, 7) is 0.172. The lowest BCUT2D eigenvalue weighted by Gasteiger charge is -2.34. The first-order valence-electron chi connectivity index (χ1n) is 8.54. The molecule has 2 aliphatic rings. The van der Waals surface area contributed by atoms with E-state index < -0.39 is 11.4 Å². The Hall–Kier alpha value is -3.68. The molecule has 8 heteroatoms. The van der Waals surface area contributed by atoms with E-state index in [0.29, 0.717) is 17.1 Å². The Morgan fingerprint density at radius 2 is 1.86 bits per heavy atom.